The van der Waals surface area contributed by atoms with E-state index in [9.17, 15) is 9.59 Å². The normalized spacial score (nSPS) is 17.3. The fourth-order valence-electron chi connectivity index (χ4n) is 2.28. The molecule has 4 nitrogen and oxygen atoms in total. The van der Waals surface area contributed by atoms with Crippen LogP contribution in [0.25, 0.3) is 0 Å². The quantitative estimate of drug-likeness (QED) is 0.669. The Morgan fingerprint density at radius 3 is 2.62 bits per heavy atom. The molecule has 0 saturated carbocycles. The van der Waals surface area contributed by atoms with Gasteiger partial charge in [0.1, 0.15) is 0 Å². The van der Waals surface area contributed by atoms with E-state index in [1.54, 1.807) is 0 Å². The highest BCUT2D eigenvalue weighted by Gasteiger charge is 2.20. The second kappa shape index (κ2) is 7.62. The standard InChI is InChI=1S/C17H21NO3/c1-2-13-8-10-15(11-9-13)18-16(19)12-21-17(20)14-6-4-3-5-7-14/h3-4,8-11,14H,2,5-7,12H2,1H3,(H,18,19)/t14-/m0/s1. The lowest BCUT2D eigenvalue weighted by Crippen LogP contribution is -2.25. The number of carbonyl (C=O) groups excluding carboxylic acids is 2. The summed E-state index contributed by atoms with van der Waals surface area (Å²) in [5.74, 6) is -0.693. The molecule has 0 bridgehead atoms. The third-order valence-electron chi connectivity index (χ3n) is 3.59. The Hall–Kier alpha value is -2.10. The number of ether oxygens (including phenoxy) is 1. The third-order valence-corrected chi connectivity index (χ3v) is 3.59. The van der Waals surface area contributed by atoms with E-state index in [1.807, 2.05) is 30.3 Å². The Labute approximate surface area is 125 Å². The zero-order valence-corrected chi connectivity index (χ0v) is 12.3. The van der Waals surface area contributed by atoms with Crippen LogP contribution in [0.4, 0.5) is 5.69 Å². The van der Waals surface area contributed by atoms with Crippen molar-refractivity contribution >= 4 is 17.6 Å². The van der Waals surface area contributed by atoms with Crippen LogP contribution in [-0.4, -0.2) is 18.5 Å². The van der Waals surface area contributed by atoms with Gasteiger partial charge in [-0.2, -0.15) is 0 Å². The van der Waals surface area contributed by atoms with Crippen LogP contribution in [0.2, 0.25) is 0 Å². The van der Waals surface area contributed by atoms with Crippen molar-refractivity contribution in [1.29, 1.82) is 0 Å². The smallest absolute Gasteiger partial charge is 0.309 e. The Bertz CT molecular complexity index is 519. The maximum absolute atomic E-state index is 11.8. The molecule has 0 unspecified atom stereocenters. The summed E-state index contributed by atoms with van der Waals surface area (Å²) < 4.78 is 5.08. The van der Waals surface area contributed by atoms with Crippen LogP contribution in [-0.2, 0) is 20.7 Å². The first-order valence-electron chi connectivity index (χ1n) is 7.39. The first-order chi connectivity index (χ1) is 10.2. The van der Waals surface area contributed by atoms with E-state index in [0.29, 0.717) is 12.1 Å². The predicted molar refractivity (Wildman–Crippen MR) is 81.9 cm³/mol. The summed E-state index contributed by atoms with van der Waals surface area (Å²) in [5, 5.41) is 2.72. The molecule has 1 amide bonds. The van der Waals surface area contributed by atoms with Gasteiger partial charge in [-0.1, -0.05) is 31.2 Å². The van der Waals surface area contributed by atoms with E-state index in [4.69, 9.17) is 4.74 Å². The van der Waals surface area contributed by atoms with E-state index >= 15 is 0 Å². The van der Waals surface area contributed by atoms with Crippen LogP contribution in [0.3, 0.4) is 0 Å². The summed E-state index contributed by atoms with van der Waals surface area (Å²) in [5.41, 5.74) is 1.93. The molecule has 1 aliphatic rings. The Balaban J connectivity index is 1.76. The van der Waals surface area contributed by atoms with Gasteiger partial charge >= 0.3 is 5.97 Å². The molecule has 4 heteroatoms. The van der Waals surface area contributed by atoms with Gasteiger partial charge in [0.05, 0.1) is 5.92 Å². The molecular formula is C17H21NO3. The average molecular weight is 287 g/mol. The van der Waals surface area contributed by atoms with Crippen molar-refractivity contribution < 1.29 is 14.3 Å². The molecule has 21 heavy (non-hydrogen) atoms. The number of amides is 1. The van der Waals surface area contributed by atoms with Crippen molar-refractivity contribution in [3.8, 4) is 0 Å². The number of nitrogens with one attached hydrogen (secondary N) is 1. The summed E-state index contributed by atoms with van der Waals surface area (Å²) in [6.45, 7) is 1.85. The van der Waals surface area contributed by atoms with E-state index in [1.165, 1.54) is 5.56 Å². The van der Waals surface area contributed by atoms with Gasteiger partial charge in [-0.3, -0.25) is 9.59 Å². The van der Waals surface area contributed by atoms with Gasteiger partial charge in [0.25, 0.3) is 5.91 Å². The number of hydrogen-bond donors (Lipinski definition) is 1. The molecule has 0 fully saturated rings. The Morgan fingerprint density at radius 1 is 1.24 bits per heavy atom. The SMILES string of the molecule is CCc1ccc(NC(=O)COC(=O)[C@H]2CC=CCC2)cc1. The van der Waals surface area contributed by atoms with Crippen LogP contribution >= 0.6 is 0 Å². The zero-order valence-electron chi connectivity index (χ0n) is 12.3. The monoisotopic (exact) mass is 287 g/mol. The van der Waals surface area contributed by atoms with Crippen LogP contribution in [0, 0.1) is 5.92 Å². The molecule has 0 spiro atoms. The predicted octanol–water partition coefficient (Wildman–Crippen LogP) is 3.09. The Morgan fingerprint density at radius 2 is 2.00 bits per heavy atom. The van der Waals surface area contributed by atoms with Crippen LogP contribution in [0.5, 0.6) is 0 Å². The van der Waals surface area contributed by atoms with E-state index in [0.717, 1.165) is 19.3 Å². The average Bonchev–Trinajstić information content (AvgIpc) is 2.54. The summed E-state index contributed by atoms with van der Waals surface area (Å²) >= 11 is 0. The van der Waals surface area contributed by atoms with Gasteiger partial charge in [-0.15, -0.1) is 0 Å². The van der Waals surface area contributed by atoms with E-state index < -0.39 is 0 Å². The van der Waals surface area contributed by atoms with Crippen molar-refractivity contribution in [3.05, 3.63) is 42.0 Å². The highest BCUT2D eigenvalue weighted by atomic mass is 16.5. The summed E-state index contributed by atoms with van der Waals surface area (Å²) in [6, 6.07) is 7.64. The van der Waals surface area contributed by atoms with Crippen molar-refractivity contribution in [2.75, 3.05) is 11.9 Å². The molecule has 1 aromatic rings. The highest BCUT2D eigenvalue weighted by Crippen LogP contribution is 2.19. The molecule has 0 aliphatic heterocycles. The van der Waals surface area contributed by atoms with Crippen LogP contribution in [0.15, 0.2) is 36.4 Å². The second-order valence-corrected chi connectivity index (χ2v) is 5.19. The molecule has 0 heterocycles. The van der Waals surface area contributed by atoms with E-state index in [-0.39, 0.29) is 24.4 Å². The summed E-state index contributed by atoms with van der Waals surface area (Å²) in [7, 11) is 0. The van der Waals surface area contributed by atoms with E-state index in [2.05, 4.69) is 18.3 Å². The fraction of sp³-hybridized carbons (Fsp3) is 0.412. The molecule has 0 saturated heterocycles. The minimum absolute atomic E-state index is 0.105. The Kier molecular flexibility index (Phi) is 5.55. The highest BCUT2D eigenvalue weighted by molar-refractivity contribution is 5.92. The van der Waals surface area contributed by atoms with Gasteiger partial charge in [-0.25, -0.2) is 0 Å². The fourth-order valence-corrected chi connectivity index (χ4v) is 2.28. The number of allylic oxidation sites excluding steroid dienone is 2. The van der Waals surface area contributed by atoms with Gasteiger partial charge < -0.3 is 10.1 Å². The molecule has 1 N–H and O–H groups in total. The van der Waals surface area contributed by atoms with Crippen LogP contribution < -0.4 is 5.32 Å². The summed E-state index contributed by atoms with van der Waals surface area (Å²) in [4.78, 5) is 23.6. The molecule has 0 aromatic heterocycles. The lowest BCUT2D eigenvalue weighted by Gasteiger charge is -2.16. The molecule has 1 aromatic carbocycles. The number of hydrogen-bond acceptors (Lipinski definition) is 3. The van der Waals surface area contributed by atoms with Crippen molar-refractivity contribution in [1.82, 2.24) is 0 Å². The van der Waals surface area contributed by atoms with Crippen molar-refractivity contribution in [3.63, 3.8) is 0 Å². The lowest BCUT2D eigenvalue weighted by molar-refractivity contribution is -0.151. The minimum atomic E-state index is -0.307. The second-order valence-electron chi connectivity index (χ2n) is 5.19. The minimum Gasteiger partial charge on any atom is -0.455 e. The third kappa shape index (κ3) is 4.74. The van der Waals surface area contributed by atoms with Crippen LogP contribution in [0.1, 0.15) is 31.7 Å². The number of aryl methyl sites for hydroxylation is 1. The molecule has 1 atom stereocenters. The molecule has 0 radical (unpaired) electrons. The molecule has 1 aliphatic carbocycles. The summed E-state index contributed by atoms with van der Waals surface area (Å²) in [6.07, 6.45) is 7.42. The molecular weight excluding hydrogens is 266 g/mol. The first kappa shape index (κ1) is 15.3. The number of rotatable bonds is 5. The van der Waals surface area contributed by atoms with Crippen molar-refractivity contribution in [2.24, 2.45) is 5.92 Å². The lowest BCUT2D eigenvalue weighted by atomic mass is 9.95. The number of carbonyl (C=O) groups is 2. The van der Waals surface area contributed by atoms with Gasteiger partial charge in [-0.05, 0) is 43.4 Å². The maximum atomic E-state index is 11.8. The number of anilines is 1. The number of benzene rings is 1. The molecule has 112 valence electrons. The zero-order chi connectivity index (χ0) is 15.1. The molecule has 2 rings (SSSR count). The van der Waals surface area contributed by atoms with Crippen molar-refractivity contribution in [2.45, 2.75) is 32.6 Å². The topological polar surface area (TPSA) is 55.4 Å². The van der Waals surface area contributed by atoms with Gasteiger partial charge in [0, 0.05) is 5.69 Å². The van der Waals surface area contributed by atoms with Gasteiger partial charge in [0.2, 0.25) is 0 Å². The largest absolute Gasteiger partial charge is 0.455 e. The first-order valence-corrected chi connectivity index (χ1v) is 7.39. The van der Waals surface area contributed by atoms with Gasteiger partial charge in [0.15, 0.2) is 6.61 Å². The maximum Gasteiger partial charge on any atom is 0.309 e. The number of esters is 1.